The number of carboxylic acids is 1. The number of halogens is 3. The molecule has 1 aliphatic heterocycles. The van der Waals surface area contributed by atoms with Crippen LogP contribution in [0.3, 0.4) is 0 Å². The first kappa shape index (κ1) is 29.1. The largest absolute Gasteiger partial charge is 0.478 e. The van der Waals surface area contributed by atoms with E-state index in [9.17, 15) is 31.9 Å². The van der Waals surface area contributed by atoms with Crippen LogP contribution in [-0.2, 0) is 24.3 Å². The van der Waals surface area contributed by atoms with Crippen molar-refractivity contribution in [1.82, 2.24) is 15.0 Å². The van der Waals surface area contributed by atoms with Gasteiger partial charge in [-0.2, -0.15) is 0 Å². The van der Waals surface area contributed by atoms with Crippen LogP contribution in [0, 0.1) is 17.6 Å². The molecule has 1 aromatic carbocycles. The van der Waals surface area contributed by atoms with Gasteiger partial charge in [0.05, 0.1) is 29.4 Å². The topological polar surface area (TPSA) is 147 Å². The number of carboxylic acid groups (broad SMARTS) is 1. The molecule has 2 heterocycles. The smallest absolute Gasteiger partial charge is 0.335 e. The van der Waals surface area contributed by atoms with Gasteiger partial charge in [0.25, 0.3) is 0 Å². The third-order valence-electron chi connectivity index (χ3n) is 6.68. The number of hydrogen-bond donors (Lipinski definition) is 3. The van der Waals surface area contributed by atoms with Gasteiger partial charge < -0.3 is 15.2 Å². The number of aliphatic carboxylic acids is 1. The maximum absolute atomic E-state index is 14.4. The lowest BCUT2D eigenvalue weighted by Crippen LogP contribution is -2.41. The summed E-state index contributed by atoms with van der Waals surface area (Å²) in [6, 6.07) is 0.797. The van der Waals surface area contributed by atoms with Crippen LogP contribution in [0.1, 0.15) is 48.7 Å². The molecule has 0 spiro atoms. The fourth-order valence-corrected chi connectivity index (χ4v) is 7.08. The van der Waals surface area contributed by atoms with Gasteiger partial charge >= 0.3 is 11.9 Å². The Morgan fingerprint density at radius 2 is 1.97 bits per heavy atom. The summed E-state index contributed by atoms with van der Waals surface area (Å²) in [6.07, 6.45) is 2.56. The molecule has 39 heavy (non-hydrogen) atoms. The predicted molar refractivity (Wildman–Crippen MR) is 140 cm³/mol. The van der Waals surface area contributed by atoms with Crippen molar-refractivity contribution in [3.05, 3.63) is 62.2 Å². The van der Waals surface area contributed by atoms with Crippen molar-refractivity contribution in [3.63, 3.8) is 0 Å². The third kappa shape index (κ3) is 6.29. The summed E-state index contributed by atoms with van der Waals surface area (Å²) in [5, 5.41) is 14.1. The Morgan fingerprint density at radius 3 is 2.59 bits per heavy atom. The quantitative estimate of drug-likeness (QED) is 0.292. The van der Waals surface area contributed by atoms with Crippen molar-refractivity contribution in [3.8, 4) is 0 Å². The first-order valence-electron chi connectivity index (χ1n) is 11.9. The van der Waals surface area contributed by atoms with E-state index < -0.39 is 55.8 Å². The number of aliphatic imine (C=N–C) groups is 1. The number of nitrogens with zero attached hydrogens (tertiary/aromatic N) is 2. The first-order chi connectivity index (χ1) is 18.5. The van der Waals surface area contributed by atoms with Crippen molar-refractivity contribution in [1.29, 1.82) is 0 Å². The van der Waals surface area contributed by atoms with E-state index in [0.717, 1.165) is 6.07 Å². The molecule has 3 N–H and O–H groups in total. The van der Waals surface area contributed by atoms with Crippen molar-refractivity contribution < 1.29 is 36.6 Å². The lowest BCUT2D eigenvalue weighted by molar-refractivity contribution is -0.140. The summed E-state index contributed by atoms with van der Waals surface area (Å²) in [7, 11) is -2.51. The maximum Gasteiger partial charge on any atom is 0.335 e. The van der Waals surface area contributed by atoms with Gasteiger partial charge in [0.1, 0.15) is 6.04 Å². The minimum absolute atomic E-state index is 0.0212. The maximum atomic E-state index is 14.4. The highest BCUT2D eigenvalue weighted by Crippen LogP contribution is 2.42. The van der Waals surface area contributed by atoms with Gasteiger partial charge in [0, 0.05) is 29.4 Å². The number of hydrogen-bond acceptors (Lipinski definition) is 9. The summed E-state index contributed by atoms with van der Waals surface area (Å²) in [6.45, 7) is -0.0882. The average molecular weight is 603 g/mol. The Labute approximate surface area is 232 Å². The van der Waals surface area contributed by atoms with Crippen LogP contribution in [0.4, 0.5) is 8.78 Å². The minimum atomic E-state index is -3.72. The SMILES string of the molecule is COC(=O)CCNS(=O)(=O)C1CCC(C2=C(C(=O)O)C(c3ccc(F)c(F)c3Cl)N=C(c3nccs3)N2)CC1. The van der Waals surface area contributed by atoms with Crippen molar-refractivity contribution in [2.45, 2.75) is 43.4 Å². The number of nitrogens with one attached hydrogen (secondary N) is 2. The summed E-state index contributed by atoms with van der Waals surface area (Å²) in [5.74, 6) is -4.50. The number of thiazole rings is 1. The molecule has 1 atom stereocenters. The van der Waals surface area contributed by atoms with E-state index in [1.165, 1.54) is 24.5 Å². The molecule has 0 radical (unpaired) electrons. The number of amidine groups is 1. The fourth-order valence-electron chi connectivity index (χ4n) is 4.73. The Hall–Kier alpha value is -2.94. The van der Waals surface area contributed by atoms with Crippen LogP contribution in [0.2, 0.25) is 5.02 Å². The predicted octanol–water partition coefficient (Wildman–Crippen LogP) is 3.55. The molecular weight excluding hydrogens is 578 g/mol. The Kier molecular flexibility index (Phi) is 8.99. The highest BCUT2D eigenvalue weighted by Gasteiger charge is 2.39. The van der Waals surface area contributed by atoms with Gasteiger partial charge in [0.2, 0.25) is 10.0 Å². The second-order valence-corrected chi connectivity index (χ2v) is 12.3. The van der Waals surface area contributed by atoms with E-state index >= 15 is 0 Å². The zero-order valence-electron chi connectivity index (χ0n) is 20.6. The molecule has 2 aromatic rings. The number of allylic oxidation sites excluding steroid dienone is 1. The van der Waals surface area contributed by atoms with Crippen molar-refractivity contribution in [2.75, 3.05) is 13.7 Å². The second-order valence-electron chi connectivity index (χ2n) is 8.98. The van der Waals surface area contributed by atoms with E-state index in [2.05, 4.69) is 24.8 Å². The Morgan fingerprint density at radius 1 is 1.26 bits per heavy atom. The van der Waals surface area contributed by atoms with Gasteiger partial charge in [-0.15, -0.1) is 11.3 Å². The van der Waals surface area contributed by atoms with E-state index in [4.69, 9.17) is 11.6 Å². The van der Waals surface area contributed by atoms with Crippen LogP contribution in [-0.4, -0.2) is 55.2 Å². The number of carbonyl (C=O) groups excluding carboxylic acids is 1. The van der Waals surface area contributed by atoms with Crippen molar-refractivity contribution >= 4 is 50.7 Å². The molecule has 210 valence electrons. The van der Waals surface area contributed by atoms with Gasteiger partial charge in [-0.1, -0.05) is 17.7 Å². The number of esters is 1. The summed E-state index contributed by atoms with van der Waals surface area (Å²) in [4.78, 5) is 32.5. The lowest BCUT2D eigenvalue weighted by Gasteiger charge is -2.34. The summed E-state index contributed by atoms with van der Waals surface area (Å²) in [5.41, 5.74) is 0.0841. The Balaban J connectivity index is 1.64. The van der Waals surface area contributed by atoms with Crippen LogP contribution >= 0.6 is 22.9 Å². The Bertz CT molecular complexity index is 1420. The number of benzene rings is 1. The number of methoxy groups -OCH3 is 1. The highest BCUT2D eigenvalue weighted by molar-refractivity contribution is 7.90. The van der Waals surface area contributed by atoms with Gasteiger partial charge in [0.15, 0.2) is 22.5 Å². The number of aromatic nitrogens is 1. The second kappa shape index (κ2) is 12.1. The molecule has 1 saturated carbocycles. The first-order valence-corrected chi connectivity index (χ1v) is 14.7. The monoisotopic (exact) mass is 602 g/mol. The molecule has 0 amide bonds. The molecule has 2 aliphatic rings. The van der Waals surface area contributed by atoms with E-state index in [0.29, 0.717) is 23.5 Å². The van der Waals surface area contributed by atoms with Crippen LogP contribution < -0.4 is 10.0 Å². The van der Waals surface area contributed by atoms with E-state index in [1.807, 2.05) is 0 Å². The average Bonchev–Trinajstić information content (AvgIpc) is 3.46. The van der Waals surface area contributed by atoms with Gasteiger partial charge in [-0.05, 0) is 37.7 Å². The number of ether oxygens (including phenoxy) is 1. The molecular formula is C24H25ClF2N4O6S2. The third-order valence-corrected chi connectivity index (χ3v) is 9.80. The molecule has 1 aliphatic carbocycles. The number of sulfonamides is 1. The van der Waals surface area contributed by atoms with Crippen LogP contribution in [0.25, 0.3) is 0 Å². The molecule has 15 heteroatoms. The van der Waals surface area contributed by atoms with Gasteiger partial charge in [-0.25, -0.2) is 31.7 Å². The summed E-state index contributed by atoms with van der Waals surface area (Å²) >= 11 is 7.36. The molecule has 1 unspecified atom stereocenters. The van der Waals surface area contributed by atoms with E-state index in [1.54, 1.807) is 11.6 Å². The molecule has 1 aromatic heterocycles. The normalized spacial score (nSPS) is 21.7. The van der Waals surface area contributed by atoms with Crippen molar-refractivity contribution in [2.24, 2.45) is 10.9 Å². The zero-order valence-corrected chi connectivity index (χ0v) is 23.0. The van der Waals surface area contributed by atoms with Crippen LogP contribution in [0.5, 0.6) is 0 Å². The standard InChI is InChI=1S/C24H25ClF2N4O6S2/c1-37-16(32)8-9-29-39(35,36)13-4-2-12(3-5-13)20-17(24(33)34)21(14-6-7-15(26)19(27)18(14)25)31-22(30-20)23-28-10-11-38-23/h6-7,10-13,21,29H,2-5,8-9H2,1H3,(H,30,31)(H,33,34). The zero-order chi connectivity index (χ0) is 28.3. The van der Waals surface area contributed by atoms with E-state index in [-0.39, 0.29) is 42.8 Å². The minimum Gasteiger partial charge on any atom is -0.478 e. The van der Waals surface area contributed by atoms with Gasteiger partial charge in [-0.3, -0.25) is 9.79 Å². The molecule has 4 rings (SSSR count). The molecule has 0 saturated heterocycles. The lowest BCUT2D eigenvalue weighted by atomic mass is 9.82. The number of carbonyl (C=O) groups is 2. The highest BCUT2D eigenvalue weighted by atomic mass is 35.5. The van der Waals surface area contributed by atoms with Crippen LogP contribution in [0.15, 0.2) is 40.0 Å². The fraction of sp³-hybridized carbons (Fsp3) is 0.417. The summed E-state index contributed by atoms with van der Waals surface area (Å²) < 4.78 is 60.6. The molecule has 10 nitrogen and oxygen atoms in total. The number of rotatable bonds is 9. The molecule has 0 bridgehead atoms. The molecule has 1 fully saturated rings.